The lowest BCUT2D eigenvalue weighted by atomic mass is 9.59. The van der Waals surface area contributed by atoms with E-state index in [0.29, 0.717) is 25.4 Å². The fourth-order valence-electron chi connectivity index (χ4n) is 4.92. The maximum Gasteiger partial charge on any atom is 0.309 e. The fraction of sp³-hybridized carbons (Fsp3) is 0.440. The lowest BCUT2D eigenvalue weighted by Gasteiger charge is -2.44. The summed E-state index contributed by atoms with van der Waals surface area (Å²) in [7, 11) is 0. The number of ether oxygens (including phenoxy) is 1. The quantitative estimate of drug-likeness (QED) is 0.517. The summed E-state index contributed by atoms with van der Waals surface area (Å²) >= 11 is 0. The van der Waals surface area contributed by atoms with Crippen molar-refractivity contribution >= 4 is 11.8 Å². The molecular weight excluding hydrogens is 348 g/mol. The first-order valence-electron chi connectivity index (χ1n) is 10.1. The molecule has 0 bridgehead atoms. The van der Waals surface area contributed by atoms with Crippen LogP contribution in [0.4, 0.5) is 0 Å². The Balaban J connectivity index is 1.62. The Labute approximate surface area is 167 Å². The molecule has 2 aliphatic rings. The standard InChI is InChI=1S/C25H28O3/c1-4-28-23(27)15-21-17-25(24(21)18(2)3)13-12-20(16-25)14-22(26)11-10-19-8-6-5-7-9-19/h5-9,20H,2,4,12-17H2,1,3H3. The zero-order valence-corrected chi connectivity index (χ0v) is 16.8. The Morgan fingerprint density at radius 2 is 2.04 bits per heavy atom. The molecule has 1 saturated carbocycles. The molecule has 146 valence electrons. The topological polar surface area (TPSA) is 43.4 Å². The summed E-state index contributed by atoms with van der Waals surface area (Å²) in [6.07, 6.45) is 4.88. The van der Waals surface area contributed by atoms with Crippen molar-refractivity contribution in [3.8, 4) is 11.8 Å². The highest BCUT2D eigenvalue weighted by atomic mass is 16.5. The van der Waals surface area contributed by atoms with E-state index in [1.54, 1.807) is 0 Å². The lowest BCUT2D eigenvalue weighted by Crippen LogP contribution is -2.33. The highest BCUT2D eigenvalue weighted by Crippen LogP contribution is 2.61. The van der Waals surface area contributed by atoms with Crippen LogP contribution in [-0.4, -0.2) is 18.4 Å². The van der Waals surface area contributed by atoms with Gasteiger partial charge in [-0.1, -0.05) is 41.8 Å². The zero-order valence-electron chi connectivity index (χ0n) is 16.8. The van der Waals surface area contributed by atoms with Crippen molar-refractivity contribution in [3.63, 3.8) is 0 Å². The molecule has 3 nitrogen and oxygen atoms in total. The van der Waals surface area contributed by atoms with E-state index in [0.717, 1.165) is 36.8 Å². The highest BCUT2D eigenvalue weighted by molar-refractivity contribution is 5.96. The van der Waals surface area contributed by atoms with Gasteiger partial charge in [-0.3, -0.25) is 9.59 Å². The Morgan fingerprint density at radius 3 is 2.71 bits per heavy atom. The van der Waals surface area contributed by atoms with Crippen molar-refractivity contribution in [2.24, 2.45) is 11.3 Å². The second-order valence-electron chi connectivity index (χ2n) is 8.05. The smallest absolute Gasteiger partial charge is 0.309 e. The van der Waals surface area contributed by atoms with E-state index in [-0.39, 0.29) is 17.2 Å². The molecule has 0 amide bonds. The van der Waals surface area contributed by atoms with Gasteiger partial charge in [-0.05, 0) is 74.5 Å². The van der Waals surface area contributed by atoms with Crippen LogP contribution >= 0.6 is 0 Å². The molecule has 1 aromatic rings. The third-order valence-corrected chi connectivity index (χ3v) is 5.83. The van der Waals surface area contributed by atoms with Gasteiger partial charge in [0.25, 0.3) is 0 Å². The first-order valence-corrected chi connectivity index (χ1v) is 10.1. The van der Waals surface area contributed by atoms with Crippen LogP contribution in [0.25, 0.3) is 0 Å². The van der Waals surface area contributed by atoms with Crippen molar-refractivity contribution in [2.45, 2.75) is 52.4 Å². The van der Waals surface area contributed by atoms with E-state index in [4.69, 9.17) is 4.74 Å². The molecule has 0 aliphatic heterocycles. The van der Waals surface area contributed by atoms with E-state index in [9.17, 15) is 9.59 Å². The molecule has 28 heavy (non-hydrogen) atoms. The van der Waals surface area contributed by atoms with Gasteiger partial charge in [0.2, 0.25) is 5.78 Å². The van der Waals surface area contributed by atoms with Crippen LogP contribution in [0, 0.1) is 23.2 Å². The minimum atomic E-state index is -0.160. The monoisotopic (exact) mass is 376 g/mol. The van der Waals surface area contributed by atoms with Gasteiger partial charge in [-0.2, -0.15) is 0 Å². The summed E-state index contributed by atoms with van der Waals surface area (Å²) < 4.78 is 5.10. The van der Waals surface area contributed by atoms with Gasteiger partial charge in [-0.25, -0.2) is 0 Å². The predicted octanol–water partition coefficient (Wildman–Crippen LogP) is 5.01. The molecule has 0 heterocycles. The molecule has 0 saturated heterocycles. The van der Waals surface area contributed by atoms with E-state index < -0.39 is 0 Å². The minimum Gasteiger partial charge on any atom is -0.466 e. The SMILES string of the molecule is C=C(C)C1=C(CC(=O)OCC)CC12CCC(CC(=O)C#Cc1ccccc1)C2. The number of benzene rings is 1. The Bertz CT molecular complexity index is 866. The van der Waals surface area contributed by atoms with E-state index in [1.165, 1.54) is 11.1 Å². The zero-order chi connectivity index (χ0) is 20.1. The molecular formula is C25H28O3. The number of ketones is 1. The second kappa shape index (κ2) is 8.61. The predicted molar refractivity (Wildman–Crippen MR) is 110 cm³/mol. The lowest BCUT2D eigenvalue weighted by molar-refractivity contribution is -0.142. The van der Waals surface area contributed by atoms with Crippen LogP contribution in [0.15, 0.2) is 53.6 Å². The van der Waals surface area contributed by atoms with Gasteiger partial charge in [0.15, 0.2) is 0 Å². The number of hydrogen-bond acceptors (Lipinski definition) is 3. The molecule has 3 rings (SSSR count). The van der Waals surface area contributed by atoms with Crippen molar-refractivity contribution in [3.05, 3.63) is 59.2 Å². The van der Waals surface area contributed by atoms with Gasteiger partial charge >= 0.3 is 5.97 Å². The molecule has 2 aliphatic carbocycles. The van der Waals surface area contributed by atoms with E-state index in [1.807, 2.05) is 44.2 Å². The summed E-state index contributed by atoms with van der Waals surface area (Å²) in [5, 5.41) is 0. The molecule has 2 atom stereocenters. The Morgan fingerprint density at radius 1 is 1.29 bits per heavy atom. The average Bonchev–Trinajstić information content (AvgIpc) is 3.05. The van der Waals surface area contributed by atoms with Crippen molar-refractivity contribution < 1.29 is 14.3 Å². The van der Waals surface area contributed by atoms with Crippen molar-refractivity contribution in [1.29, 1.82) is 0 Å². The summed E-state index contributed by atoms with van der Waals surface area (Å²) in [5.41, 5.74) is 4.44. The maximum atomic E-state index is 12.3. The molecule has 2 unspecified atom stereocenters. The summed E-state index contributed by atoms with van der Waals surface area (Å²) in [4.78, 5) is 24.2. The molecule has 0 N–H and O–H groups in total. The van der Waals surface area contributed by atoms with Gasteiger partial charge < -0.3 is 4.74 Å². The van der Waals surface area contributed by atoms with Gasteiger partial charge in [0.05, 0.1) is 13.0 Å². The molecule has 1 fully saturated rings. The summed E-state index contributed by atoms with van der Waals surface area (Å²) in [5.74, 6) is 5.96. The first-order chi connectivity index (χ1) is 13.4. The van der Waals surface area contributed by atoms with E-state index in [2.05, 4.69) is 18.4 Å². The van der Waals surface area contributed by atoms with Crippen LogP contribution in [-0.2, 0) is 14.3 Å². The average molecular weight is 376 g/mol. The van der Waals surface area contributed by atoms with Gasteiger partial charge in [0.1, 0.15) is 0 Å². The maximum absolute atomic E-state index is 12.3. The van der Waals surface area contributed by atoms with E-state index >= 15 is 0 Å². The molecule has 1 aromatic carbocycles. The van der Waals surface area contributed by atoms with Crippen LogP contribution in [0.5, 0.6) is 0 Å². The summed E-state index contributed by atoms with van der Waals surface area (Å²) in [6.45, 7) is 8.41. The number of esters is 1. The number of hydrogen-bond donors (Lipinski definition) is 0. The normalized spacial score (nSPS) is 23.0. The number of rotatable bonds is 6. The van der Waals surface area contributed by atoms with Crippen LogP contribution in [0.2, 0.25) is 0 Å². The minimum absolute atomic E-state index is 0.0119. The van der Waals surface area contributed by atoms with Gasteiger partial charge in [0, 0.05) is 12.0 Å². The van der Waals surface area contributed by atoms with Crippen LogP contribution in [0.3, 0.4) is 0 Å². The molecule has 0 radical (unpaired) electrons. The first kappa shape index (κ1) is 20.1. The number of carbonyl (C=O) groups is 2. The van der Waals surface area contributed by atoms with Crippen molar-refractivity contribution in [1.82, 2.24) is 0 Å². The van der Waals surface area contributed by atoms with Gasteiger partial charge in [-0.15, -0.1) is 0 Å². The largest absolute Gasteiger partial charge is 0.466 e. The Kier molecular flexibility index (Phi) is 6.19. The highest BCUT2D eigenvalue weighted by Gasteiger charge is 2.49. The number of carbonyl (C=O) groups excluding carboxylic acids is 2. The molecule has 1 spiro atoms. The molecule has 0 aromatic heterocycles. The Hall–Kier alpha value is -2.60. The molecule has 3 heteroatoms. The number of allylic oxidation sites excluding steroid dienone is 2. The third-order valence-electron chi connectivity index (χ3n) is 5.83. The third kappa shape index (κ3) is 4.44. The van der Waals surface area contributed by atoms with Crippen molar-refractivity contribution in [2.75, 3.05) is 6.61 Å². The van der Waals surface area contributed by atoms with Crippen LogP contribution < -0.4 is 0 Å². The van der Waals surface area contributed by atoms with Crippen LogP contribution in [0.1, 0.15) is 57.9 Å². The second-order valence-corrected chi connectivity index (χ2v) is 8.05. The fourth-order valence-corrected chi connectivity index (χ4v) is 4.92. The summed E-state index contributed by atoms with van der Waals surface area (Å²) in [6, 6.07) is 9.60. The number of Topliss-reactive ketones (excluding diaryl/α,β-unsaturated/α-hetero) is 1.